The van der Waals surface area contributed by atoms with Gasteiger partial charge >= 0.3 is 0 Å². The third-order valence-electron chi connectivity index (χ3n) is 4.12. The third-order valence-corrected chi connectivity index (χ3v) is 4.92. The van der Waals surface area contributed by atoms with Gasteiger partial charge in [0.1, 0.15) is 5.69 Å². The van der Waals surface area contributed by atoms with Crippen LogP contribution in [-0.2, 0) is 5.41 Å². The molecule has 0 unspecified atom stereocenters. The Morgan fingerprint density at radius 2 is 1.63 bits per heavy atom. The van der Waals surface area contributed by atoms with E-state index in [0.717, 1.165) is 0 Å². The van der Waals surface area contributed by atoms with E-state index in [1.54, 1.807) is 12.1 Å². The highest BCUT2D eigenvalue weighted by Crippen LogP contribution is 2.41. The van der Waals surface area contributed by atoms with Crippen molar-refractivity contribution < 1.29 is 4.92 Å². The second-order valence-electron chi connectivity index (χ2n) is 7.44. The van der Waals surface area contributed by atoms with E-state index in [0.29, 0.717) is 27.8 Å². The number of benzene rings is 2. The maximum Gasteiger partial charge on any atom is 0.269 e. The molecule has 0 bridgehead atoms. The van der Waals surface area contributed by atoms with Gasteiger partial charge in [-0.15, -0.1) is 5.11 Å². The molecule has 1 heterocycles. The van der Waals surface area contributed by atoms with Gasteiger partial charge in [-0.2, -0.15) is 10.2 Å². The van der Waals surface area contributed by atoms with Crippen molar-refractivity contribution in [2.75, 3.05) is 5.73 Å². The number of non-ortho nitro benzene ring substituents is 1. The van der Waals surface area contributed by atoms with E-state index in [2.05, 4.69) is 15.3 Å². The minimum Gasteiger partial charge on any atom is -0.382 e. The van der Waals surface area contributed by atoms with Crippen molar-refractivity contribution in [2.24, 2.45) is 10.2 Å². The highest BCUT2D eigenvalue weighted by molar-refractivity contribution is 6.40. The van der Waals surface area contributed by atoms with Gasteiger partial charge in [0.2, 0.25) is 0 Å². The average Bonchev–Trinajstić information content (AvgIpc) is 2.96. The van der Waals surface area contributed by atoms with Crippen LogP contribution in [0.25, 0.3) is 5.69 Å². The van der Waals surface area contributed by atoms with Gasteiger partial charge in [-0.25, -0.2) is 4.68 Å². The molecule has 0 aliphatic rings. The number of hydrogen-bond donors (Lipinski definition) is 1. The van der Waals surface area contributed by atoms with E-state index >= 15 is 0 Å². The van der Waals surface area contributed by atoms with Gasteiger partial charge in [0.05, 0.1) is 26.3 Å². The summed E-state index contributed by atoms with van der Waals surface area (Å²) in [6, 6.07) is 8.76. The van der Waals surface area contributed by atoms with Crippen LogP contribution in [0.15, 0.2) is 46.6 Å². The first-order valence-electron chi connectivity index (χ1n) is 8.69. The molecule has 0 saturated carbocycles. The van der Waals surface area contributed by atoms with Gasteiger partial charge in [0.15, 0.2) is 11.5 Å². The lowest BCUT2D eigenvalue weighted by atomic mass is 9.91. The van der Waals surface area contributed by atoms with Crippen molar-refractivity contribution >= 4 is 57.7 Å². The number of aromatic nitrogens is 2. The number of rotatable bonds is 4. The molecule has 1 aromatic heterocycles. The normalized spacial score (nSPS) is 11.9. The Kier molecular flexibility index (Phi) is 6.03. The van der Waals surface area contributed by atoms with Crippen molar-refractivity contribution in [3.63, 3.8) is 0 Å². The molecule has 0 aliphatic heterocycles. The molecule has 2 aromatic carbocycles. The molecular weight excluding hydrogens is 451 g/mol. The van der Waals surface area contributed by atoms with E-state index < -0.39 is 10.3 Å². The number of halogens is 3. The number of nitro groups is 1. The molecule has 2 N–H and O–H groups in total. The Morgan fingerprint density at radius 1 is 1.07 bits per heavy atom. The topological polar surface area (TPSA) is 112 Å². The summed E-state index contributed by atoms with van der Waals surface area (Å²) < 4.78 is 1.41. The first-order valence-corrected chi connectivity index (χ1v) is 9.82. The molecule has 3 rings (SSSR count). The summed E-state index contributed by atoms with van der Waals surface area (Å²) in [4.78, 5) is 10.3. The lowest BCUT2D eigenvalue weighted by molar-refractivity contribution is -0.384. The number of hydrogen-bond acceptors (Lipinski definition) is 6. The fourth-order valence-electron chi connectivity index (χ4n) is 2.68. The quantitative estimate of drug-likeness (QED) is 0.252. The minimum atomic E-state index is -0.486. The number of nitro benzene ring substituents is 1. The minimum absolute atomic E-state index is 0.0383. The first kappa shape index (κ1) is 22.0. The summed E-state index contributed by atoms with van der Waals surface area (Å²) in [5, 5.41) is 24.8. The Morgan fingerprint density at radius 3 is 2.13 bits per heavy atom. The number of azo groups is 1. The Balaban J connectivity index is 2.12. The van der Waals surface area contributed by atoms with Crippen molar-refractivity contribution in [1.29, 1.82) is 0 Å². The van der Waals surface area contributed by atoms with Crippen LogP contribution < -0.4 is 5.73 Å². The number of nitrogen functional groups attached to an aromatic ring is 1. The van der Waals surface area contributed by atoms with Crippen LogP contribution in [0.3, 0.4) is 0 Å². The van der Waals surface area contributed by atoms with E-state index in [4.69, 9.17) is 40.5 Å². The molecule has 8 nitrogen and oxygen atoms in total. The lowest BCUT2D eigenvalue weighted by Gasteiger charge is -2.15. The molecule has 0 aliphatic carbocycles. The van der Waals surface area contributed by atoms with Gasteiger partial charge in [0, 0.05) is 22.6 Å². The third kappa shape index (κ3) is 4.40. The molecule has 30 heavy (non-hydrogen) atoms. The SMILES string of the molecule is CC(C)(C)c1nn(-c2c(Cl)cc(Cl)cc2Cl)c(N)c1N=Nc1ccc([N+](=O)[O-])cc1. The molecule has 0 atom stereocenters. The predicted octanol–water partition coefficient (Wildman–Crippen LogP) is 7.04. The maximum atomic E-state index is 10.8. The maximum absolute atomic E-state index is 10.8. The molecule has 156 valence electrons. The zero-order chi connectivity index (χ0) is 22.2. The Bertz CT molecular complexity index is 1130. The van der Waals surface area contributed by atoms with Gasteiger partial charge in [-0.1, -0.05) is 55.6 Å². The second-order valence-corrected chi connectivity index (χ2v) is 8.69. The van der Waals surface area contributed by atoms with E-state index in [9.17, 15) is 10.1 Å². The van der Waals surface area contributed by atoms with Gasteiger partial charge in [0.25, 0.3) is 5.69 Å². The van der Waals surface area contributed by atoms with E-state index in [-0.39, 0.29) is 21.6 Å². The number of nitrogens with zero attached hydrogens (tertiary/aromatic N) is 5. The molecule has 0 spiro atoms. The zero-order valence-electron chi connectivity index (χ0n) is 16.2. The highest BCUT2D eigenvalue weighted by Gasteiger charge is 2.28. The van der Waals surface area contributed by atoms with Crippen LogP contribution in [0.4, 0.5) is 22.9 Å². The van der Waals surface area contributed by atoms with Crippen LogP contribution >= 0.6 is 34.8 Å². The molecular formula is C19H17Cl3N6O2. The molecule has 11 heteroatoms. The Hall–Kier alpha value is -2.68. The van der Waals surface area contributed by atoms with Crippen LogP contribution in [-0.4, -0.2) is 14.7 Å². The van der Waals surface area contributed by atoms with Gasteiger partial charge < -0.3 is 5.73 Å². The van der Waals surface area contributed by atoms with Crippen molar-refractivity contribution in [3.05, 3.63) is 67.3 Å². The predicted molar refractivity (Wildman–Crippen MR) is 119 cm³/mol. The second kappa shape index (κ2) is 8.22. The summed E-state index contributed by atoms with van der Waals surface area (Å²) in [6.07, 6.45) is 0. The van der Waals surface area contributed by atoms with Crippen molar-refractivity contribution in [3.8, 4) is 5.69 Å². The average molecular weight is 468 g/mol. The molecule has 0 fully saturated rings. The van der Waals surface area contributed by atoms with Crippen molar-refractivity contribution in [2.45, 2.75) is 26.2 Å². The molecule has 0 amide bonds. The zero-order valence-corrected chi connectivity index (χ0v) is 18.5. The number of anilines is 1. The fourth-order valence-corrected chi connectivity index (χ4v) is 3.66. The summed E-state index contributed by atoms with van der Waals surface area (Å²) in [7, 11) is 0. The number of nitrogens with two attached hydrogens (primary N) is 1. The van der Waals surface area contributed by atoms with Crippen LogP contribution in [0.1, 0.15) is 26.5 Å². The molecule has 0 saturated heterocycles. The highest BCUT2D eigenvalue weighted by atomic mass is 35.5. The largest absolute Gasteiger partial charge is 0.382 e. The van der Waals surface area contributed by atoms with Crippen LogP contribution in [0.2, 0.25) is 15.1 Å². The lowest BCUT2D eigenvalue weighted by Crippen LogP contribution is -2.13. The smallest absolute Gasteiger partial charge is 0.269 e. The standard InChI is InChI=1S/C19H17Cl3N6O2/c1-19(2,3)17-15(25-24-11-4-6-12(7-5-11)28(29)30)18(23)27(26-17)16-13(21)8-10(20)9-14(16)22/h4-9H,23H2,1-3H3. The van der Waals surface area contributed by atoms with Gasteiger partial charge in [-0.05, 0) is 24.3 Å². The monoisotopic (exact) mass is 466 g/mol. The summed E-state index contributed by atoms with van der Waals surface area (Å²) >= 11 is 18.7. The van der Waals surface area contributed by atoms with Crippen molar-refractivity contribution in [1.82, 2.24) is 9.78 Å². The summed E-state index contributed by atoms with van der Waals surface area (Å²) in [5.74, 6) is 0.191. The summed E-state index contributed by atoms with van der Waals surface area (Å²) in [6.45, 7) is 5.86. The van der Waals surface area contributed by atoms with Gasteiger partial charge in [-0.3, -0.25) is 10.1 Å². The molecule has 3 aromatic rings. The Labute approximate surface area is 187 Å². The van der Waals surface area contributed by atoms with Crippen LogP contribution in [0.5, 0.6) is 0 Å². The van der Waals surface area contributed by atoms with E-state index in [1.165, 1.54) is 28.9 Å². The molecule has 0 radical (unpaired) electrons. The first-order chi connectivity index (χ1) is 14.0. The fraction of sp³-hybridized carbons (Fsp3) is 0.211. The van der Waals surface area contributed by atoms with Crippen LogP contribution in [0, 0.1) is 10.1 Å². The van der Waals surface area contributed by atoms with E-state index in [1.807, 2.05) is 20.8 Å². The summed E-state index contributed by atoms with van der Waals surface area (Å²) in [5.41, 5.74) is 7.61.